The van der Waals surface area contributed by atoms with Gasteiger partial charge in [-0.15, -0.1) is 0 Å². The van der Waals surface area contributed by atoms with Crippen LogP contribution in [0.25, 0.3) is 0 Å². The van der Waals surface area contributed by atoms with E-state index in [2.05, 4.69) is 26.1 Å². The molecule has 0 saturated carbocycles. The molecular formula is C14H25NO3. The lowest BCUT2D eigenvalue weighted by Crippen LogP contribution is -2.21. The monoisotopic (exact) mass is 255 g/mol. The molecule has 0 aromatic carbocycles. The molecule has 1 unspecified atom stereocenters. The third-order valence-electron chi connectivity index (χ3n) is 2.65. The minimum atomic E-state index is 0.0812. The van der Waals surface area contributed by atoms with Crippen LogP contribution in [0.5, 0.6) is 0 Å². The van der Waals surface area contributed by atoms with Crippen LogP contribution >= 0.6 is 0 Å². The maximum Gasteiger partial charge on any atom is 0.130 e. The Morgan fingerprint density at radius 1 is 1.33 bits per heavy atom. The second kappa shape index (κ2) is 7.56. The van der Waals surface area contributed by atoms with Crippen molar-refractivity contribution in [2.75, 3.05) is 13.7 Å². The summed E-state index contributed by atoms with van der Waals surface area (Å²) in [5, 5.41) is 3.35. The molecule has 0 spiro atoms. The summed E-state index contributed by atoms with van der Waals surface area (Å²) in [6, 6.07) is 2.49. The van der Waals surface area contributed by atoms with Gasteiger partial charge in [-0.3, -0.25) is 0 Å². The number of rotatable bonds is 8. The zero-order valence-corrected chi connectivity index (χ0v) is 12.1. The maximum atomic E-state index is 5.77. The summed E-state index contributed by atoms with van der Waals surface area (Å²) in [4.78, 5) is 0. The number of methoxy groups -OCH3 is 1. The summed E-state index contributed by atoms with van der Waals surface area (Å²) in [6.07, 6.45) is 0.0812. The van der Waals surface area contributed by atoms with Crippen LogP contribution in [-0.4, -0.2) is 25.9 Å². The van der Waals surface area contributed by atoms with E-state index in [1.807, 2.05) is 13.0 Å². The number of nitrogens with one attached hydrogen (secondary N) is 1. The lowest BCUT2D eigenvalue weighted by atomic mass is 10.2. The Bertz CT molecular complexity index is 347. The van der Waals surface area contributed by atoms with E-state index in [0.717, 1.165) is 18.1 Å². The van der Waals surface area contributed by atoms with E-state index in [1.165, 1.54) is 5.56 Å². The molecule has 104 valence electrons. The van der Waals surface area contributed by atoms with Crippen LogP contribution in [0.15, 0.2) is 10.5 Å². The zero-order valence-electron chi connectivity index (χ0n) is 12.1. The van der Waals surface area contributed by atoms with E-state index < -0.39 is 0 Å². The van der Waals surface area contributed by atoms with Gasteiger partial charge in [0.1, 0.15) is 18.1 Å². The van der Waals surface area contributed by atoms with Crippen molar-refractivity contribution in [3.05, 3.63) is 23.2 Å². The molecule has 0 aliphatic rings. The first-order valence-corrected chi connectivity index (χ1v) is 6.45. The molecule has 0 amide bonds. The Morgan fingerprint density at radius 3 is 2.67 bits per heavy atom. The molecule has 0 radical (unpaired) electrons. The van der Waals surface area contributed by atoms with Crippen LogP contribution in [0.4, 0.5) is 0 Å². The zero-order chi connectivity index (χ0) is 13.5. The molecule has 1 rings (SSSR count). The standard InChI is InChI=1S/C14H25NO3/c1-10(2)15-7-14-11(3)6-13(18-14)9-17-12(4)8-16-5/h6,10,12,15H,7-9H2,1-5H3. The number of furan rings is 1. The number of hydrogen-bond acceptors (Lipinski definition) is 4. The van der Waals surface area contributed by atoms with Gasteiger partial charge in [-0.2, -0.15) is 0 Å². The van der Waals surface area contributed by atoms with E-state index in [-0.39, 0.29) is 6.10 Å². The largest absolute Gasteiger partial charge is 0.462 e. The Hall–Kier alpha value is -0.840. The van der Waals surface area contributed by atoms with Crippen molar-refractivity contribution in [2.24, 2.45) is 0 Å². The van der Waals surface area contributed by atoms with Crippen molar-refractivity contribution in [2.45, 2.75) is 53.0 Å². The van der Waals surface area contributed by atoms with Crippen LogP contribution in [-0.2, 0) is 22.6 Å². The maximum absolute atomic E-state index is 5.77. The first kappa shape index (κ1) is 15.2. The quantitative estimate of drug-likeness (QED) is 0.775. The molecule has 0 aliphatic carbocycles. The number of ether oxygens (including phenoxy) is 2. The first-order valence-electron chi connectivity index (χ1n) is 6.45. The van der Waals surface area contributed by atoms with E-state index in [4.69, 9.17) is 13.9 Å². The Morgan fingerprint density at radius 2 is 2.06 bits per heavy atom. The molecule has 0 bridgehead atoms. The van der Waals surface area contributed by atoms with E-state index >= 15 is 0 Å². The van der Waals surface area contributed by atoms with Gasteiger partial charge in [0.15, 0.2) is 0 Å². The molecule has 0 fully saturated rings. The molecule has 1 atom stereocenters. The van der Waals surface area contributed by atoms with Crippen LogP contribution in [0.1, 0.15) is 37.9 Å². The number of aryl methyl sites for hydroxylation is 1. The smallest absolute Gasteiger partial charge is 0.130 e. The van der Waals surface area contributed by atoms with Crippen molar-refractivity contribution in [3.63, 3.8) is 0 Å². The summed E-state index contributed by atoms with van der Waals surface area (Å²) in [6.45, 7) is 10.1. The predicted molar refractivity (Wildman–Crippen MR) is 71.5 cm³/mol. The highest BCUT2D eigenvalue weighted by atomic mass is 16.5. The molecular weight excluding hydrogens is 230 g/mol. The van der Waals surface area contributed by atoms with Gasteiger partial charge in [-0.05, 0) is 25.5 Å². The molecule has 1 aromatic heterocycles. The van der Waals surface area contributed by atoms with Crippen LogP contribution in [0.3, 0.4) is 0 Å². The van der Waals surface area contributed by atoms with Gasteiger partial charge in [0.2, 0.25) is 0 Å². The molecule has 1 N–H and O–H groups in total. The lowest BCUT2D eigenvalue weighted by Gasteiger charge is -2.10. The van der Waals surface area contributed by atoms with E-state index in [1.54, 1.807) is 7.11 Å². The average molecular weight is 255 g/mol. The minimum absolute atomic E-state index is 0.0812. The van der Waals surface area contributed by atoms with Crippen molar-refractivity contribution in [3.8, 4) is 0 Å². The Kier molecular flexibility index (Phi) is 6.39. The van der Waals surface area contributed by atoms with Gasteiger partial charge >= 0.3 is 0 Å². The normalized spacial score (nSPS) is 13.2. The fourth-order valence-electron chi connectivity index (χ4n) is 1.64. The molecule has 0 aliphatic heterocycles. The fourth-order valence-corrected chi connectivity index (χ4v) is 1.64. The molecule has 18 heavy (non-hydrogen) atoms. The number of hydrogen-bond donors (Lipinski definition) is 1. The van der Waals surface area contributed by atoms with Crippen LogP contribution < -0.4 is 5.32 Å². The van der Waals surface area contributed by atoms with Crippen molar-refractivity contribution in [1.82, 2.24) is 5.32 Å². The second-order valence-electron chi connectivity index (χ2n) is 4.93. The van der Waals surface area contributed by atoms with Crippen molar-refractivity contribution >= 4 is 0 Å². The van der Waals surface area contributed by atoms with Gasteiger partial charge in [0.25, 0.3) is 0 Å². The Balaban J connectivity index is 2.45. The van der Waals surface area contributed by atoms with Gasteiger partial charge in [-0.25, -0.2) is 0 Å². The van der Waals surface area contributed by atoms with Crippen molar-refractivity contribution in [1.29, 1.82) is 0 Å². The second-order valence-corrected chi connectivity index (χ2v) is 4.93. The topological polar surface area (TPSA) is 43.6 Å². The molecule has 4 heteroatoms. The average Bonchev–Trinajstić information content (AvgIpc) is 2.65. The highest BCUT2D eigenvalue weighted by molar-refractivity contribution is 5.19. The lowest BCUT2D eigenvalue weighted by molar-refractivity contribution is -0.00666. The molecule has 0 saturated heterocycles. The van der Waals surface area contributed by atoms with Crippen molar-refractivity contribution < 1.29 is 13.9 Å². The van der Waals surface area contributed by atoms with Gasteiger partial charge in [0.05, 0.1) is 19.3 Å². The summed E-state index contributed by atoms with van der Waals surface area (Å²) in [5.74, 6) is 1.86. The third kappa shape index (κ3) is 5.21. The fraction of sp³-hybridized carbons (Fsp3) is 0.714. The van der Waals surface area contributed by atoms with Crippen LogP contribution in [0, 0.1) is 6.92 Å². The highest BCUT2D eigenvalue weighted by Crippen LogP contribution is 2.16. The summed E-state index contributed by atoms with van der Waals surface area (Å²) >= 11 is 0. The predicted octanol–water partition coefficient (Wildman–Crippen LogP) is 2.64. The summed E-state index contributed by atoms with van der Waals surface area (Å²) < 4.78 is 16.4. The molecule has 4 nitrogen and oxygen atoms in total. The highest BCUT2D eigenvalue weighted by Gasteiger charge is 2.09. The van der Waals surface area contributed by atoms with Gasteiger partial charge < -0.3 is 19.2 Å². The van der Waals surface area contributed by atoms with Gasteiger partial charge in [0, 0.05) is 13.2 Å². The SMILES string of the molecule is COCC(C)OCc1cc(C)c(CNC(C)C)o1. The third-order valence-corrected chi connectivity index (χ3v) is 2.65. The molecule has 1 aromatic rings. The van der Waals surface area contributed by atoms with E-state index in [9.17, 15) is 0 Å². The molecule has 1 heterocycles. The van der Waals surface area contributed by atoms with Gasteiger partial charge in [-0.1, -0.05) is 13.8 Å². The minimum Gasteiger partial charge on any atom is -0.462 e. The first-order chi connectivity index (χ1) is 8.52. The van der Waals surface area contributed by atoms with E-state index in [0.29, 0.717) is 19.3 Å². The van der Waals surface area contributed by atoms with Crippen LogP contribution in [0.2, 0.25) is 0 Å². The summed E-state index contributed by atoms with van der Waals surface area (Å²) in [7, 11) is 1.67. The Labute approximate surface area is 110 Å². The summed E-state index contributed by atoms with van der Waals surface area (Å²) in [5.41, 5.74) is 1.17.